The molecule has 156 valence electrons. The summed E-state index contributed by atoms with van der Waals surface area (Å²) >= 11 is 12.0. The lowest BCUT2D eigenvalue weighted by Gasteiger charge is -2.17. The van der Waals surface area contributed by atoms with Crippen LogP contribution in [0, 0.1) is 5.41 Å². The Labute approximate surface area is 179 Å². The Morgan fingerprint density at radius 2 is 1.86 bits per heavy atom. The van der Waals surface area contributed by atoms with Gasteiger partial charge in [0.25, 0.3) is 5.92 Å². The zero-order valence-electron chi connectivity index (χ0n) is 15.9. The van der Waals surface area contributed by atoms with Gasteiger partial charge in [-0.3, -0.25) is 10.3 Å². The number of alkyl halides is 2. The van der Waals surface area contributed by atoms with E-state index in [4.69, 9.17) is 33.3 Å². The molecular formula is C21H23Cl2F2N3O. The molecule has 2 aromatic rings. The molecule has 2 N–H and O–H groups in total. The second kappa shape index (κ2) is 9.74. The minimum atomic E-state index is -2.58. The van der Waals surface area contributed by atoms with Crippen molar-refractivity contribution in [2.45, 2.75) is 25.3 Å². The lowest BCUT2D eigenvalue weighted by atomic mass is 10.1. The smallest absolute Gasteiger partial charge is 0.261 e. The highest BCUT2D eigenvalue weighted by Crippen LogP contribution is 2.27. The van der Waals surface area contributed by atoms with Crippen LogP contribution in [0.3, 0.4) is 0 Å². The van der Waals surface area contributed by atoms with Gasteiger partial charge in [0.05, 0.1) is 18.7 Å². The first-order valence-corrected chi connectivity index (χ1v) is 10.2. The van der Waals surface area contributed by atoms with Crippen LogP contribution in [-0.4, -0.2) is 43.0 Å². The number of ether oxygens (including phenoxy) is 1. The van der Waals surface area contributed by atoms with Crippen molar-refractivity contribution >= 4 is 34.8 Å². The topological polar surface area (TPSA) is 48.4 Å². The summed E-state index contributed by atoms with van der Waals surface area (Å²) in [6.45, 7) is 1.57. The largest absolute Gasteiger partial charge is 0.478 e. The van der Waals surface area contributed by atoms with E-state index in [1.807, 2.05) is 24.3 Å². The van der Waals surface area contributed by atoms with E-state index >= 15 is 0 Å². The fourth-order valence-electron chi connectivity index (χ4n) is 3.20. The quantitative estimate of drug-likeness (QED) is 0.314. The summed E-state index contributed by atoms with van der Waals surface area (Å²) < 4.78 is 32.0. The molecule has 1 aliphatic rings. The van der Waals surface area contributed by atoms with Crippen molar-refractivity contribution in [3.63, 3.8) is 0 Å². The Hall–Kier alpha value is -1.89. The van der Waals surface area contributed by atoms with Gasteiger partial charge >= 0.3 is 0 Å². The molecule has 4 nitrogen and oxygen atoms in total. The molecule has 1 heterocycles. The summed E-state index contributed by atoms with van der Waals surface area (Å²) in [5.41, 5.74) is 2.33. The van der Waals surface area contributed by atoms with Gasteiger partial charge in [-0.05, 0) is 42.3 Å². The number of nitrogens with one attached hydrogen (secondary N) is 2. The van der Waals surface area contributed by atoms with Crippen LogP contribution in [0.5, 0.6) is 0 Å². The van der Waals surface area contributed by atoms with Crippen LogP contribution in [0.15, 0.2) is 42.5 Å². The zero-order valence-corrected chi connectivity index (χ0v) is 17.4. The number of anilines is 1. The van der Waals surface area contributed by atoms with Crippen LogP contribution >= 0.6 is 23.2 Å². The molecule has 3 rings (SSSR count). The van der Waals surface area contributed by atoms with Crippen molar-refractivity contribution in [2.24, 2.45) is 0 Å². The van der Waals surface area contributed by atoms with Crippen molar-refractivity contribution in [1.29, 1.82) is 5.41 Å². The van der Waals surface area contributed by atoms with Crippen LogP contribution in [0.1, 0.15) is 24.0 Å². The van der Waals surface area contributed by atoms with E-state index < -0.39 is 5.92 Å². The van der Waals surface area contributed by atoms with Gasteiger partial charge < -0.3 is 10.1 Å². The molecule has 1 aliphatic heterocycles. The molecule has 0 atom stereocenters. The first-order chi connectivity index (χ1) is 13.8. The molecule has 0 radical (unpaired) electrons. The summed E-state index contributed by atoms with van der Waals surface area (Å²) in [4.78, 5) is 1.73. The zero-order chi connectivity index (χ0) is 20.9. The first kappa shape index (κ1) is 21.8. The van der Waals surface area contributed by atoms with E-state index in [0.29, 0.717) is 41.7 Å². The Kier molecular flexibility index (Phi) is 7.33. The molecule has 0 bridgehead atoms. The molecule has 0 spiro atoms. The fraction of sp³-hybridized carbons (Fsp3) is 0.381. The number of likely N-dealkylation sites (tertiary alicyclic amines) is 1. The van der Waals surface area contributed by atoms with Crippen molar-refractivity contribution in [3.8, 4) is 0 Å². The van der Waals surface area contributed by atoms with Crippen molar-refractivity contribution in [3.05, 3.63) is 63.6 Å². The normalized spacial score (nSPS) is 16.0. The highest BCUT2D eigenvalue weighted by molar-refractivity contribution is 6.31. The molecule has 0 amide bonds. The SMILES string of the molecule is N=C(OCCCN1CCC(F)(F)C1)c1cc(Cl)ccc1NCc1ccc(Cl)cc1. The Balaban J connectivity index is 1.52. The Morgan fingerprint density at radius 1 is 1.14 bits per heavy atom. The van der Waals surface area contributed by atoms with Crippen molar-refractivity contribution in [1.82, 2.24) is 4.90 Å². The standard InChI is InChI=1S/C21H23Cl2F2N3O/c22-16-4-2-15(3-5-16)13-27-19-7-6-17(23)12-18(19)20(26)29-11-1-9-28-10-8-21(24,25)14-28/h2-7,12,26-27H,1,8-11,13-14H2. The number of hydrogen-bond donors (Lipinski definition) is 2. The molecular weight excluding hydrogens is 419 g/mol. The van der Waals surface area contributed by atoms with E-state index in [-0.39, 0.29) is 25.5 Å². The van der Waals surface area contributed by atoms with Crippen molar-refractivity contribution < 1.29 is 13.5 Å². The van der Waals surface area contributed by atoms with E-state index in [1.165, 1.54) is 0 Å². The summed E-state index contributed by atoms with van der Waals surface area (Å²) in [5, 5.41) is 12.7. The molecule has 0 aliphatic carbocycles. The number of nitrogens with zero attached hydrogens (tertiary/aromatic N) is 1. The van der Waals surface area contributed by atoms with Crippen LogP contribution in [0.2, 0.25) is 10.0 Å². The highest BCUT2D eigenvalue weighted by Gasteiger charge is 2.37. The van der Waals surface area contributed by atoms with Crippen LogP contribution in [-0.2, 0) is 11.3 Å². The first-order valence-electron chi connectivity index (χ1n) is 9.42. The van der Waals surface area contributed by atoms with E-state index in [2.05, 4.69) is 5.32 Å². The average Bonchev–Trinajstić information content (AvgIpc) is 3.04. The molecule has 1 saturated heterocycles. The third-order valence-electron chi connectivity index (χ3n) is 4.74. The van der Waals surface area contributed by atoms with Gasteiger partial charge in [0, 0.05) is 41.8 Å². The number of halogens is 4. The maximum Gasteiger partial charge on any atom is 0.261 e. The molecule has 2 aromatic carbocycles. The maximum atomic E-state index is 13.2. The highest BCUT2D eigenvalue weighted by atomic mass is 35.5. The second-order valence-electron chi connectivity index (χ2n) is 7.08. The summed E-state index contributed by atoms with van der Waals surface area (Å²) in [7, 11) is 0. The van der Waals surface area contributed by atoms with Crippen LogP contribution < -0.4 is 5.32 Å². The van der Waals surface area contributed by atoms with Gasteiger partial charge in [-0.15, -0.1) is 0 Å². The van der Waals surface area contributed by atoms with Gasteiger partial charge in [0.1, 0.15) is 0 Å². The number of rotatable bonds is 8. The number of hydrogen-bond acceptors (Lipinski definition) is 4. The van der Waals surface area contributed by atoms with Gasteiger partial charge in [-0.25, -0.2) is 8.78 Å². The minimum Gasteiger partial charge on any atom is -0.478 e. The second-order valence-corrected chi connectivity index (χ2v) is 7.96. The third-order valence-corrected chi connectivity index (χ3v) is 5.22. The van der Waals surface area contributed by atoms with Crippen LogP contribution in [0.4, 0.5) is 14.5 Å². The van der Waals surface area contributed by atoms with Gasteiger partial charge in [0.15, 0.2) is 0 Å². The molecule has 29 heavy (non-hydrogen) atoms. The van der Waals surface area contributed by atoms with E-state index in [0.717, 1.165) is 11.3 Å². The van der Waals surface area contributed by atoms with Gasteiger partial charge in [0.2, 0.25) is 5.90 Å². The third kappa shape index (κ3) is 6.56. The van der Waals surface area contributed by atoms with E-state index in [9.17, 15) is 8.78 Å². The minimum absolute atomic E-state index is 0.00198. The summed E-state index contributed by atoms with van der Waals surface area (Å²) in [6.07, 6.45) is 0.488. The lowest BCUT2D eigenvalue weighted by molar-refractivity contribution is 0.0118. The molecule has 8 heteroatoms. The van der Waals surface area contributed by atoms with Crippen molar-refractivity contribution in [2.75, 3.05) is 31.6 Å². The monoisotopic (exact) mass is 441 g/mol. The summed E-state index contributed by atoms with van der Waals surface area (Å²) in [6, 6.07) is 12.7. The van der Waals surface area contributed by atoms with E-state index in [1.54, 1.807) is 23.1 Å². The summed E-state index contributed by atoms with van der Waals surface area (Å²) in [5.74, 6) is -2.59. The molecule has 0 aromatic heterocycles. The van der Waals surface area contributed by atoms with Crippen LogP contribution in [0.25, 0.3) is 0 Å². The molecule has 0 saturated carbocycles. The van der Waals surface area contributed by atoms with Gasteiger partial charge in [-0.2, -0.15) is 0 Å². The molecule has 0 unspecified atom stereocenters. The molecule has 1 fully saturated rings. The Morgan fingerprint density at radius 3 is 2.55 bits per heavy atom. The lowest BCUT2D eigenvalue weighted by Crippen LogP contribution is -2.27. The Bertz CT molecular complexity index is 846. The average molecular weight is 442 g/mol. The predicted octanol–water partition coefficient (Wildman–Crippen LogP) is 5.68. The predicted molar refractivity (Wildman–Crippen MR) is 114 cm³/mol. The maximum absolute atomic E-state index is 13.2. The number of benzene rings is 2. The fourth-order valence-corrected chi connectivity index (χ4v) is 3.49. The van der Waals surface area contributed by atoms with Gasteiger partial charge in [-0.1, -0.05) is 35.3 Å².